The van der Waals surface area contributed by atoms with Gasteiger partial charge in [-0.2, -0.15) is 5.26 Å². The maximum atomic E-state index is 12.8. The Hall–Kier alpha value is -2.48. The third-order valence-corrected chi connectivity index (χ3v) is 4.04. The van der Waals surface area contributed by atoms with Crippen molar-refractivity contribution >= 4 is 5.78 Å². The minimum atomic E-state index is -0.00153. The van der Waals surface area contributed by atoms with Crippen molar-refractivity contribution in [2.24, 2.45) is 0 Å². The summed E-state index contributed by atoms with van der Waals surface area (Å²) in [4.78, 5) is 15.1. The largest absolute Gasteiger partial charge is 0.379 e. The van der Waals surface area contributed by atoms with Gasteiger partial charge in [0.05, 0.1) is 24.8 Å². The molecule has 0 bridgehead atoms. The molecule has 23 heavy (non-hydrogen) atoms. The van der Waals surface area contributed by atoms with E-state index in [1.54, 1.807) is 24.3 Å². The van der Waals surface area contributed by atoms with Gasteiger partial charge in [-0.3, -0.25) is 9.69 Å². The number of nitrogens with zero attached hydrogens (tertiary/aromatic N) is 2. The van der Waals surface area contributed by atoms with Crippen molar-refractivity contribution in [2.45, 2.75) is 6.54 Å². The van der Waals surface area contributed by atoms with Crippen LogP contribution in [-0.2, 0) is 11.3 Å². The lowest BCUT2D eigenvalue weighted by atomic mass is 9.97. The molecule has 4 nitrogen and oxygen atoms in total. The lowest BCUT2D eigenvalue weighted by molar-refractivity contribution is 0.0341. The molecule has 3 rings (SSSR count). The highest BCUT2D eigenvalue weighted by Gasteiger charge is 2.17. The second-order valence-corrected chi connectivity index (χ2v) is 5.56. The molecular formula is C19H18N2O2. The van der Waals surface area contributed by atoms with Crippen LogP contribution in [-0.4, -0.2) is 37.0 Å². The molecule has 2 aromatic carbocycles. The number of hydrogen-bond donors (Lipinski definition) is 0. The molecule has 0 aromatic heterocycles. The number of benzene rings is 2. The molecule has 2 aromatic rings. The van der Waals surface area contributed by atoms with Crippen molar-refractivity contribution in [3.8, 4) is 6.07 Å². The topological polar surface area (TPSA) is 53.3 Å². The first-order valence-corrected chi connectivity index (χ1v) is 7.71. The van der Waals surface area contributed by atoms with Gasteiger partial charge in [-0.05, 0) is 29.8 Å². The van der Waals surface area contributed by atoms with Gasteiger partial charge in [-0.1, -0.05) is 24.3 Å². The molecule has 0 atom stereocenters. The zero-order valence-electron chi connectivity index (χ0n) is 12.9. The molecule has 0 unspecified atom stereocenters. The van der Waals surface area contributed by atoms with Crippen LogP contribution in [0.1, 0.15) is 27.0 Å². The number of hydrogen-bond acceptors (Lipinski definition) is 4. The fraction of sp³-hybridized carbons (Fsp3) is 0.263. The molecule has 116 valence electrons. The molecule has 0 saturated carbocycles. The predicted molar refractivity (Wildman–Crippen MR) is 87.1 cm³/mol. The Morgan fingerprint density at radius 2 is 1.78 bits per heavy atom. The number of ketones is 1. The third kappa shape index (κ3) is 3.65. The summed E-state index contributed by atoms with van der Waals surface area (Å²) in [6.07, 6.45) is 0. The van der Waals surface area contributed by atoms with E-state index in [1.807, 2.05) is 24.3 Å². The van der Waals surface area contributed by atoms with E-state index in [2.05, 4.69) is 11.0 Å². The van der Waals surface area contributed by atoms with Crippen LogP contribution in [0.2, 0.25) is 0 Å². The van der Waals surface area contributed by atoms with Gasteiger partial charge >= 0.3 is 0 Å². The van der Waals surface area contributed by atoms with E-state index in [0.29, 0.717) is 11.1 Å². The van der Waals surface area contributed by atoms with E-state index in [0.717, 1.165) is 44.0 Å². The Morgan fingerprint density at radius 3 is 2.48 bits per heavy atom. The minimum Gasteiger partial charge on any atom is -0.379 e. The summed E-state index contributed by atoms with van der Waals surface area (Å²) in [6, 6.07) is 16.6. The van der Waals surface area contributed by atoms with E-state index in [4.69, 9.17) is 10.00 Å². The minimum absolute atomic E-state index is 0.00153. The lowest BCUT2D eigenvalue weighted by Gasteiger charge is -2.27. The third-order valence-electron chi connectivity index (χ3n) is 4.04. The smallest absolute Gasteiger partial charge is 0.193 e. The molecule has 4 heteroatoms. The number of nitriles is 1. The van der Waals surface area contributed by atoms with Gasteiger partial charge in [0.1, 0.15) is 0 Å². The zero-order valence-corrected chi connectivity index (χ0v) is 12.9. The van der Waals surface area contributed by atoms with Crippen LogP contribution in [0, 0.1) is 11.3 Å². The van der Waals surface area contributed by atoms with Crippen molar-refractivity contribution in [3.63, 3.8) is 0 Å². The van der Waals surface area contributed by atoms with Crippen LogP contribution in [0.5, 0.6) is 0 Å². The summed E-state index contributed by atoms with van der Waals surface area (Å²) in [5, 5.41) is 8.86. The quantitative estimate of drug-likeness (QED) is 0.815. The average Bonchev–Trinajstić information content (AvgIpc) is 2.62. The fourth-order valence-electron chi connectivity index (χ4n) is 2.73. The van der Waals surface area contributed by atoms with Gasteiger partial charge in [0.25, 0.3) is 0 Å². The first-order valence-electron chi connectivity index (χ1n) is 7.71. The molecule has 1 saturated heterocycles. The van der Waals surface area contributed by atoms with Gasteiger partial charge in [0, 0.05) is 30.8 Å². The first kappa shape index (κ1) is 15.4. The summed E-state index contributed by atoms with van der Waals surface area (Å²) < 4.78 is 5.37. The van der Waals surface area contributed by atoms with Crippen molar-refractivity contribution in [2.75, 3.05) is 26.3 Å². The molecule has 1 heterocycles. The van der Waals surface area contributed by atoms with E-state index in [1.165, 1.54) is 0 Å². The van der Waals surface area contributed by atoms with Crippen molar-refractivity contribution in [3.05, 3.63) is 70.8 Å². The molecule has 1 fully saturated rings. The summed E-state index contributed by atoms with van der Waals surface area (Å²) in [5.74, 6) is -0.00153. The van der Waals surface area contributed by atoms with Crippen molar-refractivity contribution in [1.29, 1.82) is 5.26 Å². The first-order chi connectivity index (χ1) is 11.3. The van der Waals surface area contributed by atoms with Crippen LogP contribution in [0.3, 0.4) is 0 Å². The Labute approximate surface area is 135 Å². The number of rotatable bonds is 4. The zero-order chi connectivity index (χ0) is 16.1. The fourth-order valence-corrected chi connectivity index (χ4v) is 2.73. The molecular weight excluding hydrogens is 288 g/mol. The SMILES string of the molecule is N#Cc1ccc(C(=O)c2ccccc2CN2CCOCC2)cc1. The van der Waals surface area contributed by atoms with Crippen LogP contribution in [0.4, 0.5) is 0 Å². The van der Waals surface area contributed by atoms with Gasteiger partial charge < -0.3 is 4.74 Å². The van der Waals surface area contributed by atoms with Crippen LogP contribution in [0.25, 0.3) is 0 Å². The normalized spacial score (nSPS) is 15.1. The highest BCUT2D eigenvalue weighted by atomic mass is 16.5. The van der Waals surface area contributed by atoms with E-state index < -0.39 is 0 Å². The maximum Gasteiger partial charge on any atom is 0.193 e. The molecule has 0 aliphatic carbocycles. The van der Waals surface area contributed by atoms with Gasteiger partial charge in [-0.25, -0.2) is 0 Å². The highest BCUT2D eigenvalue weighted by Crippen LogP contribution is 2.17. The monoisotopic (exact) mass is 306 g/mol. The second kappa shape index (κ2) is 7.19. The maximum absolute atomic E-state index is 12.8. The summed E-state index contributed by atoms with van der Waals surface area (Å²) in [5.41, 5.74) is 2.93. The van der Waals surface area contributed by atoms with Gasteiger partial charge in [0.15, 0.2) is 5.78 Å². The summed E-state index contributed by atoms with van der Waals surface area (Å²) in [6.45, 7) is 4.01. The molecule has 1 aliphatic heterocycles. The van der Waals surface area contributed by atoms with E-state index in [-0.39, 0.29) is 5.78 Å². The van der Waals surface area contributed by atoms with Crippen LogP contribution >= 0.6 is 0 Å². The predicted octanol–water partition coefficient (Wildman–Crippen LogP) is 2.62. The summed E-state index contributed by atoms with van der Waals surface area (Å²) >= 11 is 0. The van der Waals surface area contributed by atoms with E-state index in [9.17, 15) is 4.79 Å². The van der Waals surface area contributed by atoms with Gasteiger partial charge in [-0.15, -0.1) is 0 Å². The number of morpholine rings is 1. The second-order valence-electron chi connectivity index (χ2n) is 5.56. The van der Waals surface area contributed by atoms with Crippen molar-refractivity contribution < 1.29 is 9.53 Å². The Balaban J connectivity index is 1.83. The number of carbonyl (C=O) groups is 1. The molecule has 0 amide bonds. The number of ether oxygens (including phenoxy) is 1. The van der Waals surface area contributed by atoms with Crippen molar-refractivity contribution in [1.82, 2.24) is 4.90 Å². The average molecular weight is 306 g/mol. The van der Waals surface area contributed by atoms with Gasteiger partial charge in [0.2, 0.25) is 0 Å². The van der Waals surface area contributed by atoms with Crippen LogP contribution in [0.15, 0.2) is 48.5 Å². The Kier molecular flexibility index (Phi) is 4.82. The Morgan fingerprint density at radius 1 is 1.09 bits per heavy atom. The molecule has 1 aliphatic rings. The number of carbonyl (C=O) groups excluding carboxylic acids is 1. The van der Waals surface area contributed by atoms with E-state index >= 15 is 0 Å². The Bertz CT molecular complexity index is 726. The molecule has 0 N–H and O–H groups in total. The molecule has 0 radical (unpaired) electrons. The summed E-state index contributed by atoms with van der Waals surface area (Å²) in [7, 11) is 0. The highest BCUT2D eigenvalue weighted by molar-refractivity contribution is 6.09. The standard InChI is InChI=1S/C19H18N2O2/c20-13-15-5-7-16(8-6-15)19(22)18-4-2-1-3-17(18)14-21-9-11-23-12-10-21/h1-8H,9-12,14H2. The molecule has 0 spiro atoms. The van der Waals surface area contributed by atoms with Crippen LogP contribution < -0.4 is 0 Å². The lowest BCUT2D eigenvalue weighted by Crippen LogP contribution is -2.36.